The second kappa shape index (κ2) is 4.27. The summed E-state index contributed by atoms with van der Waals surface area (Å²) < 4.78 is 42.5. The first kappa shape index (κ1) is 15.8. The summed E-state index contributed by atoms with van der Waals surface area (Å²) in [6, 6.07) is 5.06. The molecular formula is C15H21BO5S. The maximum absolute atomic E-state index is 12.5. The summed E-state index contributed by atoms with van der Waals surface area (Å²) in [7, 11) is -4.12. The van der Waals surface area contributed by atoms with Crippen molar-refractivity contribution in [3.63, 3.8) is 0 Å². The highest BCUT2D eigenvalue weighted by Crippen LogP contribution is 2.42. The predicted molar refractivity (Wildman–Crippen MR) is 84.1 cm³/mol. The van der Waals surface area contributed by atoms with E-state index in [9.17, 15) is 8.42 Å². The third-order valence-corrected chi connectivity index (χ3v) is 7.06. The third kappa shape index (κ3) is 2.02. The Kier molecular flexibility index (Phi) is 3.08. The van der Waals surface area contributed by atoms with Gasteiger partial charge in [-0.05, 0) is 59.1 Å². The first-order valence-electron chi connectivity index (χ1n) is 7.31. The molecule has 1 aromatic rings. The SMILES string of the molecule is CC1(C)OB(c2ccc3c(c2)S(=O)(=O)C(C)(C)O3)OC1(C)C. The molecule has 0 spiro atoms. The van der Waals surface area contributed by atoms with Crippen molar-refractivity contribution in [2.75, 3.05) is 0 Å². The van der Waals surface area contributed by atoms with E-state index in [1.807, 2.05) is 27.7 Å². The fourth-order valence-corrected chi connectivity index (χ4v) is 3.92. The molecule has 3 rings (SSSR count). The molecular weight excluding hydrogens is 303 g/mol. The van der Waals surface area contributed by atoms with Crippen LogP contribution in [-0.2, 0) is 19.1 Å². The van der Waals surface area contributed by atoms with E-state index in [-0.39, 0.29) is 4.90 Å². The quantitative estimate of drug-likeness (QED) is 0.738. The van der Waals surface area contributed by atoms with Crippen molar-refractivity contribution >= 4 is 22.4 Å². The fraction of sp³-hybridized carbons (Fsp3) is 0.600. The van der Waals surface area contributed by atoms with Gasteiger partial charge in [0.25, 0.3) is 0 Å². The number of hydrogen-bond donors (Lipinski definition) is 0. The number of fused-ring (bicyclic) bond motifs is 1. The lowest BCUT2D eigenvalue weighted by Gasteiger charge is -2.32. The van der Waals surface area contributed by atoms with E-state index in [1.165, 1.54) is 0 Å². The molecule has 2 aliphatic rings. The molecule has 1 saturated heterocycles. The lowest BCUT2D eigenvalue weighted by atomic mass is 9.79. The van der Waals surface area contributed by atoms with Crippen LogP contribution in [-0.4, -0.2) is 31.7 Å². The molecule has 7 heteroatoms. The lowest BCUT2D eigenvalue weighted by Crippen LogP contribution is -2.41. The van der Waals surface area contributed by atoms with Crippen LogP contribution in [0, 0.1) is 0 Å². The van der Waals surface area contributed by atoms with Crippen molar-refractivity contribution < 1.29 is 22.5 Å². The molecule has 0 amide bonds. The molecule has 0 bridgehead atoms. The van der Waals surface area contributed by atoms with Crippen LogP contribution in [0.4, 0.5) is 0 Å². The van der Waals surface area contributed by atoms with Crippen LogP contribution < -0.4 is 10.2 Å². The molecule has 0 aromatic heterocycles. The largest absolute Gasteiger partial charge is 0.494 e. The molecule has 22 heavy (non-hydrogen) atoms. The molecule has 2 aliphatic heterocycles. The summed E-state index contributed by atoms with van der Waals surface area (Å²) in [6.45, 7) is 11.0. The lowest BCUT2D eigenvalue weighted by molar-refractivity contribution is 0.00578. The van der Waals surface area contributed by atoms with Crippen LogP contribution in [0.15, 0.2) is 23.1 Å². The highest BCUT2D eigenvalue weighted by atomic mass is 32.2. The Balaban J connectivity index is 2.02. The highest BCUT2D eigenvalue weighted by Gasteiger charge is 2.53. The van der Waals surface area contributed by atoms with Crippen LogP contribution in [0.5, 0.6) is 5.75 Å². The average molecular weight is 324 g/mol. The van der Waals surface area contributed by atoms with Gasteiger partial charge in [0.05, 0.1) is 11.2 Å². The molecule has 5 nitrogen and oxygen atoms in total. The summed E-state index contributed by atoms with van der Waals surface area (Å²) in [6.07, 6.45) is 0. The zero-order chi connectivity index (χ0) is 16.6. The zero-order valence-electron chi connectivity index (χ0n) is 13.8. The maximum Gasteiger partial charge on any atom is 0.494 e. The second-order valence-electron chi connectivity index (χ2n) is 7.30. The highest BCUT2D eigenvalue weighted by molar-refractivity contribution is 7.93. The molecule has 1 fully saturated rings. The molecule has 120 valence electrons. The fourth-order valence-electron chi connectivity index (χ4n) is 2.53. The van der Waals surface area contributed by atoms with Crippen molar-refractivity contribution in [3.8, 4) is 5.75 Å². The third-order valence-electron chi connectivity index (χ3n) is 4.79. The Labute approximate surface area is 132 Å². The summed E-state index contributed by atoms with van der Waals surface area (Å²) in [5, 5.41) is 0. The van der Waals surface area contributed by atoms with Crippen molar-refractivity contribution in [2.45, 2.75) is 62.6 Å². The van der Waals surface area contributed by atoms with Crippen molar-refractivity contribution in [3.05, 3.63) is 18.2 Å². The molecule has 0 aliphatic carbocycles. The molecule has 0 radical (unpaired) electrons. The Morgan fingerprint density at radius 3 is 2.05 bits per heavy atom. The minimum atomic E-state index is -3.53. The van der Waals surface area contributed by atoms with Gasteiger partial charge in [0.15, 0.2) is 0 Å². The zero-order valence-corrected chi connectivity index (χ0v) is 14.6. The first-order chi connectivity index (χ1) is 9.87. The summed E-state index contributed by atoms with van der Waals surface area (Å²) in [5.74, 6) is 0.380. The number of benzene rings is 1. The van der Waals surface area contributed by atoms with Crippen molar-refractivity contribution in [2.24, 2.45) is 0 Å². The summed E-state index contributed by atoms with van der Waals surface area (Å²) in [5.41, 5.74) is -0.251. The first-order valence-corrected chi connectivity index (χ1v) is 8.79. The summed E-state index contributed by atoms with van der Waals surface area (Å²) >= 11 is 0. The van der Waals surface area contributed by atoms with E-state index in [0.717, 1.165) is 0 Å². The predicted octanol–water partition coefficient (Wildman–Crippen LogP) is 1.89. The monoisotopic (exact) mass is 324 g/mol. The van der Waals surface area contributed by atoms with Gasteiger partial charge in [-0.2, -0.15) is 0 Å². The van der Waals surface area contributed by atoms with Crippen LogP contribution in [0.25, 0.3) is 0 Å². The Morgan fingerprint density at radius 1 is 0.955 bits per heavy atom. The Bertz CT molecular complexity index is 720. The van der Waals surface area contributed by atoms with E-state index in [4.69, 9.17) is 14.0 Å². The minimum absolute atomic E-state index is 0.199. The Hall–Kier alpha value is -1.05. The molecule has 1 aromatic carbocycles. The van der Waals surface area contributed by atoms with E-state index in [2.05, 4.69) is 0 Å². The second-order valence-corrected chi connectivity index (χ2v) is 9.73. The van der Waals surface area contributed by atoms with Gasteiger partial charge in [0.2, 0.25) is 14.8 Å². The van der Waals surface area contributed by atoms with E-state index in [1.54, 1.807) is 32.0 Å². The van der Waals surface area contributed by atoms with E-state index < -0.39 is 33.1 Å². The van der Waals surface area contributed by atoms with Crippen LogP contribution in [0.2, 0.25) is 0 Å². The van der Waals surface area contributed by atoms with Gasteiger partial charge in [-0.1, -0.05) is 6.07 Å². The van der Waals surface area contributed by atoms with Crippen LogP contribution >= 0.6 is 0 Å². The van der Waals surface area contributed by atoms with Gasteiger partial charge < -0.3 is 14.0 Å². The number of hydrogen-bond acceptors (Lipinski definition) is 5. The van der Waals surface area contributed by atoms with Gasteiger partial charge >= 0.3 is 7.12 Å². The van der Waals surface area contributed by atoms with Gasteiger partial charge in [0, 0.05) is 0 Å². The topological polar surface area (TPSA) is 61.8 Å². The molecule has 0 unspecified atom stereocenters. The molecule has 0 N–H and O–H groups in total. The number of rotatable bonds is 1. The molecule has 0 saturated carbocycles. The minimum Gasteiger partial charge on any atom is -0.470 e. The molecule has 0 atom stereocenters. The van der Waals surface area contributed by atoms with E-state index >= 15 is 0 Å². The average Bonchev–Trinajstić information content (AvgIpc) is 2.67. The van der Waals surface area contributed by atoms with Gasteiger partial charge in [0.1, 0.15) is 10.6 Å². The van der Waals surface area contributed by atoms with Crippen molar-refractivity contribution in [1.29, 1.82) is 0 Å². The standard InChI is InChI=1S/C15H21BO5S/c1-13(2)14(3,4)21-16(20-13)10-7-8-11-12(9-10)22(17,18)15(5,6)19-11/h7-9H,1-6H3. The molecule has 2 heterocycles. The Morgan fingerprint density at radius 2 is 1.50 bits per heavy atom. The number of sulfone groups is 1. The van der Waals surface area contributed by atoms with E-state index in [0.29, 0.717) is 11.2 Å². The maximum atomic E-state index is 12.5. The van der Waals surface area contributed by atoms with Crippen LogP contribution in [0.1, 0.15) is 41.5 Å². The van der Waals surface area contributed by atoms with Gasteiger partial charge in [-0.15, -0.1) is 0 Å². The van der Waals surface area contributed by atoms with Gasteiger partial charge in [-0.3, -0.25) is 0 Å². The summed E-state index contributed by atoms with van der Waals surface area (Å²) in [4.78, 5) is -1.05. The smallest absolute Gasteiger partial charge is 0.470 e. The van der Waals surface area contributed by atoms with Crippen LogP contribution in [0.3, 0.4) is 0 Å². The van der Waals surface area contributed by atoms with Gasteiger partial charge in [-0.25, -0.2) is 8.42 Å². The van der Waals surface area contributed by atoms with Crippen molar-refractivity contribution in [1.82, 2.24) is 0 Å². The number of ether oxygens (including phenoxy) is 1. The normalized spacial score (nSPS) is 26.5.